The number of hydrogen-bond acceptors (Lipinski definition) is 4. The SMILES string of the molecule is Cc1cnc([C@H](Nc2ncc(C(F)(F)F)cc2Cl)C2CC2)s1. The molecule has 3 nitrogen and oxygen atoms in total. The molecule has 8 heteroatoms. The van der Waals surface area contributed by atoms with Gasteiger partial charge in [0, 0.05) is 17.3 Å². The van der Waals surface area contributed by atoms with Gasteiger partial charge in [0.25, 0.3) is 0 Å². The number of pyridine rings is 1. The minimum Gasteiger partial charge on any atom is -0.359 e. The van der Waals surface area contributed by atoms with E-state index in [0.717, 1.165) is 35.0 Å². The Hall–Kier alpha value is -1.34. The van der Waals surface area contributed by atoms with Crippen molar-refractivity contribution in [3.8, 4) is 0 Å². The zero-order chi connectivity index (χ0) is 15.9. The lowest BCUT2D eigenvalue weighted by atomic mass is 10.2. The fourth-order valence-corrected chi connectivity index (χ4v) is 3.31. The molecule has 2 heterocycles. The number of halogens is 4. The van der Waals surface area contributed by atoms with Gasteiger partial charge in [-0.3, -0.25) is 0 Å². The van der Waals surface area contributed by atoms with Crippen LogP contribution >= 0.6 is 22.9 Å². The lowest BCUT2D eigenvalue weighted by Crippen LogP contribution is -2.15. The van der Waals surface area contributed by atoms with E-state index < -0.39 is 11.7 Å². The van der Waals surface area contributed by atoms with E-state index in [2.05, 4.69) is 15.3 Å². The van der Waals surface area contributed by atoms with Crippen LogP contribution in [0, 0.1) is 12.8 Å². The molecule has 0 spiro atoms. The van der Waals surface area contributed by atoms with Crippen LogP contribution in [0.2, 0.25) is 5.02 Å². The van der Waals surface area contributed by atoms with Crippen molar-refractivity contribution in [3.63, 3.8) is 0 Å². The molecule has 2 aromatic rings. The van der Waals surface area contributed by atoms with Gasteiger partial charge < -0.3 is 5.32 Å². The zero-order valence-electron chi connectivity index (χ0n) is 11.6. The summed E-state index contributed by atoms with van der Waals surface area (Å²) >= 11 is 7.53. The van der Waals surface area contributed by atoms with Crippen molar-refractivity contribution in [3.05, 3.63) is 38.9 Å². The van der Waals surface area contributed by atoms with Crippen molar-refractivity contribution in [2.45, 2.75) is 32.0 Å². The van der Waals surface area contributed by atoms with Gasteiger partial charge in [-0.05, 0) is 31.7 Å². The molecule has 1 atom stereocenters. The number of aromatic nitrogens is 2. The molecule has 0 amide bonds. The third kappa shape index (κ3) is 3.35. The van der Waals surface area contributed by atoms with Crippen LogP contribution in [0.1, 0.15) is 34.3 Å². The van der Waals surface area contributed by atoms with Crippen LogP contribution in [0.25, 0.3) is 0 Å². The number of alkyl halides is 3. The summed E-state index contributed by atoms with van der Waals surface area (Å²) in [5, 5.41) is 4.04. The monoisotopic (exact) mass is 347 g/mol. The lowest BCUT2D eigenvalue weighted by Gasteiger charge is -2.18. The molecule has 1 aliphatic rings. The Morgan fingerprint density at radius 2 is 2.05 bits per heavy atom. The van der Waals surface area contributed by atoms with Crippen molar-refractivity contribution < 1.29 is 13.2 Å². The maximum atomic E-state index is 12.6. The van der Waals surface area contributed by atoms with Crippen molar-refractivity contribution in [2.75, 3.05) is 5.32 Å². The lowest BCUT2D eigenvalue weighted by molar-refractivity contribution is -0.137. The number of rotatable bonds is 4. The van der Waals surface area contributed by atoms with Crippen LogP contribution in [0.5, 0.6) is 0 Å². The largest absolute Gasteiger partial charge is 0.417 e. The highest BCUT2D eigenvalue weighted by Gasteiger charge is 2.36. The minimum absolute atomic E-state index is 0.0336. The summed E-state index contributed by atoms with van der Waals surface area (Å²) in [4.78, 5) is 9.30. The van der Waals surface area contributed by atoms with E-state index in [0.29, 0.717) is 5.92 Å². The second-order valence-electron chi connectivity index (χ2n) is 5.32. The average molecular weight is 348 g/mol. The molecule has 1 saturated carbocycles. The van der Waals surface area contributed by atoms with Crippen LogP contribution in [0.15, 0.2) is 18.5 Å². The molecule has 1 fully saturated rings. The normalized spacial score (nSPS) is 16.6. The fourth-order valence-electron chi connectivity index (χ4n) is 2.17. The molecule has 0 unspecified atom stereocenters. The molecule has 1 aliphatic carbocycles. The van der Waals surface area contributed by atoms with E-state index in [4.69, 9.17) is 11.6 Å². The topological polar surface area (TPSA) is 37.8 Å². The Balaban J connectivity index is 1.84. The number of hydrogen-bond donors (Lipinski definition) is 1. The molecule has 0 radical (unpaired) electrons. The van der Waals surface area contributed by atoms with Gasteiger partial charge in [0.2, 0.25) is 0 Å². The van der Waals surface area contributed by atoms with E-state index in [1.54, 1.807) is 17.5 Å². The zero-order valence-corrected chi connectivity index (χ0v) is 13.2. The molecule has 1 N–H and O–H groups in total. The van der Waals surface area contributed by atoms with Gasteiger partial charge in [0.1, 0.15) is 10.8 Å². The molecule has 0 aromatic carbocycles. The van der Waals surface area contributed by atoms with E-state index in [9.17, 15) is 13.2 Å². The minimum atomic E-state index is -4.45. The van der Waals surface area contributed by atoms with Gasteiger partial charge in [-0.1, -0.05) is 11.6 Å². The first-order valence-corrected chi connectivity index (χ1v) is 7.95. The molecule has 3 rings (SSSR count). The van der Waals surface area contributed by atoms with E-state index in [1.165, 1.54) is 0 Å². The Morgan fingerprint density at radius 3 is 2.55 bits per heavy atom. The van der Waals surface area contributed by atoms with Crippen LogP contribution < -0.4 is 5.32 Å². The summed E-state index contributed by atoms with van der Waals surface area (Å²) in [6, 6.07) is 0.842. The van der Waals surface area contributed by atoms with Crippen molar-refractivity contribution in [2.24, 2.45) is 5.92 Å². The third-order valence-electron chi connectivity index (χ3n) is 3.46. The highest BCUT2D eigenvalue weighted by atomic mass is 35.5. The molecular weight excluding hydrogens is 335 g/mol. The fraction of sp³-hybridized carbons (Fsp3) is 0.429. The molecule has 0 saturated heterocycles. The van der Waals surface area contributed by atoms with Gasteiger partial charge >= 0.3 is 6.18 Å². The van der Waals surface area contributed by atoms with Crippen LogP contribution in [-0.2, 0) is 6.18 Å². The van der Waals surface area contributed by atoms with E-state index >= 15 is 0 Å². The molecule has 2 aromatic heterocycles. The second kappa shape index (κ2) is 5.70. The highest BCUT2D eigenvalue weighted by molar-refractivity contribution is 7.11. The number of nitrogens with one attached hydrogen (secondary N) is 1. The summed E-state index contributed by atoms with van der Waals surface area (Å²) in [5.41, 5.74) is -0.851. The summed E-state index contributed by atoms with van der Waals surface area (Å²) in [6.45, 7) is 1.97. The summed E-state index contributed by atoms with van der Waals surface area (Å²) in [7, 11) is 0. The first-order chi connectivity index (χ1) is 10.3. The predicted octanol–water partition coefficient (Wildman–Crippen LogP) is 5.08. The maximum Gasteiger partial charge on any atom is 0.417 e. The van der Waals surface area contributed by atoms with Crippen LogP contribution in [0.4, 0.5) is 19.0 Å². The first kappa shape index (κ1) is 15.6. The van der Waals surface area contributed by atoms with Gasteiger partial charge in [-0.2, -0.15) is 13.2 Å². The summed E-state index contributed by atoms with van der Waals surface area (Å²) < 4.78 is 37.9. The van der Waals surface area contributed by atoms with Crippen molar-refractivity contribution in [1.82, 2.24) is 9.97 Å². The number of anilines is 1. The van der Waals surface area contributed by atoms with Crippen molar-refractivity contribution in [1.29, 1.82) is 0 Å². The number of thiazole rings is 1. The third-order valence-corrected chi connectivity index (χ3v) is 4.74. The standard InChI is InChI=1S/C14H13ClF3N3S/c1-7-5-20-13(22-7)11(8-2-3-8)21-12-10(15)4-9(6-19-12)14(16,17)18/h4-6,8,11H,2-3H2,1H3,(H,19,21)/t11-/m1/s1. The Bertz CT molecular complexity index is 682. The van der Waals surface area contributed by atoms with E-state index in [1.807, 2.05) is 6.92 Å². The molecule has 0 aliphatic heterocycles. The maximum absolute atomic E-state index is 12.6. The smallest absolute Gasteiger partial charge is 0.359 e. The Labute approximate surface area is 134 Å². The van der Waals surface area contributed by atoms with Gasteiger partial charge in [-0.15, -0.1) is 11.3 Å². The van der Waals surface area contributed by atoms with Gasteiger partial charge in [-0.25, -0.2) is 9.97 Å². The first-order valence-electron chi connectivity index (χ1n) is 6.76. The second-order valence-corrected chi connectivity index (χ2v) is 6.99. The molecule has 118 valence electrons. The Kier molecular flexibility index (Phi) is 4.03. The highest BCUT2D eigenvalue weighted by Crippen LogP contribution is 2.44. The molecule has 22 heavy (non-hydrogen) atoms. The van der Waals surface area contributed by atoms with Gasteiger partial charge in [0.05, 0.1) is 16.6 Å². The Morgan fingerprint density at radius 1 is 1.32 bits per heavy atom. The molecule has 0 bridgehead atoms. The molecular formula is C14H13ClF3N3S. The van der Waals surface area contributed by atoms with Crippen molar-refractivity contribution >= 4 is 28.8 Å². The van der Waals surface area contributed by atoms with E-state index in [-0.39, 0.29) is 16.9 Å². The van der Waals surface area contributed by atoms with Crippen LogP contribution in [-0.4, -0.2) is 9.97 Å². The summed E-state index contributed by atoms with van der Waals surface area (Å²) in [6.07, 6.45) is 0.269. The number of nitrogens with zero attached hydrogens (tertiary/aromatic N) is 2. The number of aryl methyl sites for hydroxylation is 1. The van der Waals surface area contributed by atoms with Crippen LogP contribution in [0.3, 0.4) is 0 Å². The van der Waals surface area contributed by atoms with Gasteiger partial charge in [0.15, 0.2) is 0 Å². The quantitative estimate of drug-likeness (QED) is 0.837. The predicted molar refractivity (Wildman–Crippen MR) is 80.2 cm³/mol. The summed E-state index contributed by atoms with van der Waals surface area (Å²) in [5.74, 6) is 0.685. The average Bonchev–Trinajstić information content (AvgIpc) is 3.18.